The molecule has 0 unspecified atom stereocenters. The van der Waals surface area contributed by atoms with Crippen LogP contribution in [0.5, 0.6) is 5.88 Å². The number of aromatic nitrogens is 2. The summed E-state index contributed by atoms with van der Waals surface area (Å²) in [6.07, 6.45) is -2.29. The maximum atomic E-state index is 13.6. The highest BCUT2D eigenvalue weighted by atomic mass is 35.5. The van der Waals surface area contributed by atoms with Gasteiger partial charge in [0, 0.05) is 0 Å². The largest absolute Gasteiger partial charge is 0.467 e. The zero-order valence-electron chi connectivity index (χ0n) is 11.3. The molecule has 0 bridgehead atoms. The summed E-state index contributed by atoms with van der Waals surface area (Å²) < 4.78 is 67.0. The third kappa shape index (κ3) is 4.92. The van der Waals surface area contributed by atoms with Gasteiger partial charge in [-0.15, -0.1) is 0 Å². The van der Waals surface area contributed by atoms with E-state index in [1.807, 2.05) is 0 Å². The van der Waals surface area contributed by atoms with Gasteiger partial charge in [0.1, 0.15) is 10.8 Å². The first kappa shape index (κ1) is 17.2. The Morgan fingerprint density at radius 2 is 1.87 bits per heavy atom. The van der Waals surface area contributed by atoms with E-state index in [0.29, 0.717) is 5.69 Å². The number of anilines is 1. The molecule has 0 fully saturated rings. The number of hydrogen-bond acceptors (Lipinski definition) is 4. The Kier molecular flexibility index (Phi) is 5.19. The van der Waals surface area contributed by atoms with Crippen LogP contribution >= 0.6 is 11.6 Å². The fourth-order valence-electron chi connectivity index (χ4n) is 1.51. The molecule has 0 aliphatic heterocycles. The van der Waals surface area contributed by atoms with Crippen molar-refractivity contribution in [1.29, 1.82) is 0 Å². The second-order valence-corrected chi connectivity index (χ2v) is 4.70. The van der Waals surface area contributed by atoms with Crippen LogP contribution in [-0.2, 0) is 6.54 Å². The first-order valence-corrected chi connectivity index (χ1v) is 6.52. The standard InChI is InChI=1S/C13H9ClF5N3O/c14-11-8(15)1-2-9(12(11)16)21-3-7-4-22-10(5-20-7)23-6-13(17,18)19/h1-2,4-5,21H,3,6H2. The van der Waals surface area contributed by atoms with Crippen LogP contribution in [0.2, 0.25) is 5.02 Å². The summed E-state index contributed by atoms with van der Waals surface area (Å²) in [5.74, 6) is -2.13. The van der Waals surface area contributed by atoms with E-state index < -0.39 is 29.4 Å². The zero-order chi connectivity index (χ0) is 17.0. The van der Waals surface area contributed by atoms with Crippen LogP contribution in [0.3, 0.4) is 0 Å². The van der Waals surface area contributed by atoms with Gasteiger partial charge in [0.05, 0.1) is 30.3 Å². The molecule has 124 valence electrons. The van der Waals surface area contributed by atoms with Crippen LogP contribution in [0, 0.1) is 11.6 Å². The maximum Gasteiger partial charge on any atom is 0.422 e. The van der Waals surface area contributed by atoms with Crippen molar-refractivity contribution in [3.63, 3.8) is 0 Å². The summed E-state index contributed by atoms with van der Waals surface area (Å²) in [4.78, 5) is 7.46. The Bertz CT molecular complexity index is 679. The van der Waals surface area contributed by atoms with Crippen molar-refractivity contribution in [3.05, 3.63) is 46.9 Å². The van der Waals surface area contributed by atoms with Crippen LogP contribution in [-0.4, -0.2) is 22.8 Å². The lowest BCUT2D eigenvalue weighted by molar-refractivity contribution is -0.154. The molecule has 0 amide bonds. The number of hydrogen-bond donors (Lipinski definition) is 1. The third-order valence-corrected chi connectivity index (χ3v) is 2.91. The van der Waals surface area contributed by atoms with Gasteiger partial charge in [-0.3, -0.25) is 4.98 Å². The normalized spacial score (nSPS) is 11.4. The highest BCUT2D eigenvalue weighted by Gasteiger charge is 2.28. The lowest BCUT2D eigenvalue weighted by Crippen LogP contribution is -2.19. The van der Waals surface area contributed by atoms with Crippen molar-refractivity contribution in [3.8, 4) is 5.88 Å². The van der Waals surface area contributed by atoms with E-state index in [1.165, 1.54) is 6.20 Å². The molecule has 0 spiro atoms. The van der Waals surface area contributed by atoms with Crippen molar-refractivity contribution < 1.29 is 26.7 Å². The van der Waals surface area contributed by atoms with Gasteiger partial charge in [-0.05, 0) is 12.1 Å². The highest BCUT2D eigenvalue weighted by Crippen LogP contribution is 2.25. The van der Waals surface area contributed by atoms with Gasteiger partial charge in [-0.1, -0.05) is 11.6 Å². The third-order valence-electron chi connectivity index (χ3n) is 2.56. The smallest absolute Gasteiger partial charge is 0.422 e. The number of nitrogens with zero attached hydrogens (tertiary/aromatic N) is 2. The van der Waals surface area contributed by atoms with E-state index in [2.05, 4.69) is 20.0 Å². The molecule has 0 atom stereocenters. The van der Waals surface area contributed by atoms with E-state index in [-0.39, 0.29) is 18.1 Å². The minimum atomic E-state index is -4.47. The minimum Gasteiger partial charge on any atom is -0.467 e. The van der Waals surface area contributed by atoms with Crippen molar-refractivity contribution in [2.75, 3.05) is 11.9 Å². The molecule has 2 aromatic rings. The van der Waals surface area contributed by atoms with Crippen LogP contribution in [0.25, 0.3) is 0 Å². The van der Waals surface area contributed by atoms with Crippen molar-refractivity contribution in [2.45, 2.75) is 12.7 Å². The number of ether oxygens (including phenoxy) is 1. The molecule has 0 saturated heterocycles. The van der Waals surface area contributed by atoms with Crippen LogP contribution < -0.4 is 10.1 Å². The van der Waals surface area contributed by atoms with E-state index in [0.717, 1.165) is 18.3 Å². The summed E-state index contributed by atoms with van der Waals surface area (Å²) >= 11 is 5.43. The Morgan fingerprint density at radius 3 is 2.48 bits per heavy atom. The first-order chi connectivity index (χ1) is 10.8. The second kappa shape index (κ2) is 6.95. The minimum absolute atomic E-state index is 0.00539. The molecule has 0 aliphatic rings. The van der Waals surface area contributed by atoms with Crippen molar-refractivity contribution in [1.82, 2.24) is 9.97 Å². The van der Waals surface area contributed by atoms with Crippen LogP contribution in [0.1, 0.15) is 5.69 Å². The molecule has 1 aromatic carbocycles. The van der Waals surface area contributed by atoms with E-state index >= 15 is 0 Å². The van der Waals surface area contributed by atoms with E-state index in [1.54, 1.807) is 0 Å². The molecule has 23 heavy (non-hydrogen) atoms. The molecule has 1 N–H and O–H groups in total. The Labute approximate surface area is 132 Å². The predicted octanol–water partition coefficient (Wildman–Crippen LogP) is 3.96. The van der Waals surface area contributed by atoms with Gasteiger partial charge < -0.3 is 10.1 Å². The topological polar surface area (TPSA) is 47.0 Å². The number of benzene rings is 1. The van der Waals surface area contributed by atoms with Crippen molar-refractivity contribution in [2.24, 2.45) is 0 Å². The predicted molar refractivity (Wildman–Crippen MR) is 72.3 cm³/mol. The Morgan fingerprint density at radius 1 is 1.13 bits per heavy atom. The SMILES string of the molecule is Fc1ccc(NCc2cnc(OCC(F)(F)F)cn2)c(F)c1Cl. The van der Waals surface area contributed by atoms with E-state index in [4.69, 9.17) is 11.6 Å². The molecular formula is C13H9ClF5N3O. The number of rotatable bonds is 5. The molecule has 4 nitrogen and oxygen atoms in total. The molecular weight excluding hydrogens is 345 g/mol. The van der Waals surface area contributed by atoms with Gasteiger partial charge in [0.2, 0.25) is 5.88 Å². The molecule has 1 heterocycles. The lowest BCUT2D eigenvalue weighted by atomic mass is 10.3. The number of alkyl halides is 3. The summed E-state index contributed by atoms with van der Waals surface area (Å²) in [5.41, 5.74) is 0.264. The quantitative estimate of drug-likeness (QED) is 0.653. The lowest BCUT2D eigenvalue weighted by Gasteiger charge is -2.10. The number of nitrogens with one attached hydrogen (secondary N) is 1. The summed E-state index contributed by atoms with van der Waals surface area (Å²) in [5, 5.41) is 1.98. The van der Waals surface area contributed by atoms with E-state index in [9.17, 15) is 22.0 Å². The van der Waals surface area contributed by atoms with Gasteiger partial charge >= 0.3 is 6.18 Å². The van der Waals surface area contributed by atoms with Gasteiger partial charge in [0.15, 0.2) is 12.4 Å². The summed E-state index contributed by atoms with van der Waals surface area (Å²) in [7, 11) is 0. The summed E-state index contributed by atoms with van der Waals surface area (Å²) in [6.45, 7) is -1.47. The van der Waals surface area contributed by atoms with Gasteiger partial charge in [0.25, 0.3) is 0 Å². The molecule has 2 rings (SSSR count). The fourth-order valence-corrected chi connectivity index (χ4v) is 1.68. The van der Waals surface area contributed by atoms with Crippen molar-refractivity contribution >= 4 is 17.3 Å². The van der Waals surface area contributed by atoms with Crippen LogP contribution in [0.4, 0.5) is 27.6 Å². The first-order valence-electron chi connectivity index (χ1n) is 6.14. The molecule has 10 heteroatoms. The van der Waals surface area contributed by atoms with Gasteiger partial charge in [-0.25, -0.2) is 13.8 Å². The Balaban J connectivity index is 1.95. The van der Waals surface area contributed by atoms with Gasteiger partial charge in [-0.2, -0.15) is 13.2 Å². The second-order valence-electron chi connectivity index (χ2n) is 4.33. The Hall–Kier alpha value is -2.16. The van der Waals surface area contributed by atoms with Crippen LogP contribution in [0.15, 0.2) is 24.5 Å². The zero-order valence-corrected chi connectivity index (χ0v) is 12.1. The average Bonchev–Trinajstić information content (AvgIpc) is 2.50. The molecule has 1 aromatic heterocycles. The molecule has 0 aliphatic carbocycles. The monoisotopic (exact) mass is 353 g/mol. The maximum absolute atomic E-state index is 13.6. The summed E-state index contributed by atoms with van der Waals surface area (Å²) in [6, 6.07) is 2.15. The number of halogens is 6. The molecule has 0 radical (unpaired) electrons. The highest BCUT2D eigenvalue weighted by molar-refractivity contribution is 6.31. The fraction of sp³-hybridized carbons (Fsp3) is 0.231. The molecule has 0 saturated carbocycles. The average molecular weight is 354 g/mol.